The first-order valence-corrected chi connectivity index (χ1v) is 11.6. The van der Waals surface area contributed by atoms with E-state index in [9.17, 15) is 9.18 Å². The third-order valence-electron chi connectivity index (χ3n) is 7.64. The highest BCUT2D eigenvalue weighted by atomic mass is 35.5. The van der Waals surface area contributed by atoms with Gasteiger partial charge in [-0.3, -0.25) is 9.78 Å². The van der Waals surface area contributed by atoms with Crippen LogP contribution in [0.1, 0.15) is 31.0 Å². The second kappa shape index (κ2) is 6.94. The molecular formula is C24H19ClFN5O4. The van der Waals surface area contributed by atoms with Crippen molar-refractivity contribution in [2.45, 2.75) is 36.8 Å². The highest BCUT2D eigenvalue weighted by Gasteiger charge is 2.99. The summed E-state index contributed by atoms with van der Waals surface area (Å²) in [4.78, 5) is 19.9. The quantitative estimate of drug-likeness (QED) is 0.383. The summed E-state index contributed by atoms with van der Waals surface area (Å²) in [5.74, 6) is 1.03. The molecule has 4 aromatic rings. The van der Waals surface area contributed by atoms with Gasteiger partial charge in [0, 0.05) is 29.3 Å². The van der Waals surface area contributed by atoms with Gasteiger partial charge in [-0.2, -0.15) is 0 Å². The van der Waals surface area contributed by atoms with Gasteiger partial charge in [0.2, 0.25) is 5.89 Å². The minimum atomic E-state index is -0.589. The van der Waals surface area contributed by atoms with Gasteiger partial charge in [-0.1, -0.05) is 11.6 Å². The lowest BCUT2D eigenvalue weighted by Crippen LogP contribution is -2.50. The summed E-state index contributed by atoms with van der Waals surface area (Å²) in [7, 11) is 0. The first-order valence-electron chi connectivity index (χ1n) is 11.2. The van der Waals surface area contributed by atoms with E-state index in [4.69, 9.17) is 25.5 Å². The molecule has 11 heteroatoms. The van der Waals surface area contributed by atoms with Gasteiger partial charge in [0.25, 0.3) is 11.8 Å². The molecule has 7 rings (SSSR count). The maximum Gasteiger partial charge on any atom is 0.258 e. The zero-order chi connectivity index (χ0) is 23.8. The standard InChI is InChI=1S/C24H19ClFN5O4/c25-15-2-1-13(5-16(15)26)33-8-19(32)29-24-11-22(10-23(22,24)12-24)21-31-30-20(35-21)9-34-14-6-18-17(28-7-14)3-4-27-18/h1-7,27H,8-12H2,(H,29,32). The van der Waals surface area contributed by atoms with E-state index < -0.39 is 5.82 Å². The van der Waals surface area contributed by atoms with Gasteiger partial charge in [-0.25, -0.2) is 4.39 Å². The molecule has 3 aliphatic carbocycles. The van der Waals surface area contributed by atoms with Gasteiger partial charge in [-0.15, -0.1) is 10.2 Å². The van der Waals surface area contributed by atoms with Crippen LogP contribution in [0.25, 0.3) is 11.0 Å². The Kier molecular flexibility index (Phi) is 4.10. The van der Waals surface area contributed by atoms with Crippen LogP contribution < -0.4 is 14.8 Å². The van der Waals surface area contributed by atoms with Crippen molar-refractivity contribution in [1.29, 1.82) is 0 Å². The van der Waals surface area contributed by atoms with Crippen LogP contribution in [0, 0.1) is 11.2 Å². The molecule has 2 N–H and O–H groups in total. The molecule has 3 aromatic heterocycles. The molecule has 1 spiro atoms. The van der Waals surface area contributed by atoms with Crippen LogP contribution in [0.3, 0.4) is 0 Å². The average molecular weight is 496 g/mol. The maximum atomic E-state index is 13.5. The number of rotatable bonds is 8. The molecule has 3 saturated carbocycles. The van der Waals surface area contributed by atoms with Crippen molar-refractivity contribution in [3.05, 3.63) is 65.3 Å². The summed E-state index contributed by atoms with van der Waals surface area (Å²) in [5, 5.41) is 11.5. The number of hydrogen-bond donors (Lipinski definition) is 2. The minimum Gasteiger partial charge on any atom is -0.484 e. The molecule has 0 radical (unpaired) electrons. The van der Waals surface area contributed by atoms with Gasteiger partial charge >= 0.3 is 0 Å². The van der Waals surface area contributed by atoms with Crippen molar-refractivity contribution < 1.29 is 23.1 Å². The Morgan fingerprint density at radius 1 is 1.17 bits per heavy atom. The fourth-order valence-electron chi connectivity index (χ4n) is 5.90. The lowest BCUT2D eigenvalue weighted by atomic mass is 9.79. The molecule has 3 unspecified atom stereocenters. The molecule has 1 aromatic carbocycles. The fraction of sp³-hybridized carbons (Fsp3) is 0.333. The second-order valence-corrected chi connectivity index (χ2v) is 9.97. The van der Waals surface area contributed by atoms with E-state index >= 15 is 0 Å². The van der Waals surface area contributed by atoms with Crippen molar-refractivity contribution in [2.75, 3.05) is 6.61 Å². The average Bonchev–Trinajstić information content (AvgIpc) is 3.33. The Labute approximate surface area is 203 Å². The summed E-state index contributed by atoms with van der Waals surface area (Å²) < 4.78 is 30.6. The van der Waals surface area contributed by atoms with Crippen molar-refractivity contribution in [3.8, 4) is 11.5 Å². The molecule has 0 bridgehead atoms. The van der Waals surface area contributed by atoms with Gasteiger partial charge in [0.1, 0.15) is 17.3 Å². The summed E-state index contributed by atoms with van der Waals surface area (Å²) in [5.41, 5.74) is 1.32. The number of benzene rings is 1. The summed E-state index contributed by atoms with van der Waals surface area (Å²) >= 11 is 5.67. The zero-order valence-electron chi connectivity index (χ0n) is 18.3. The number of aromatic amines is 1. The third kappa shape index (κ3) is 2.99. The number of carbonyl (C=O) groups is 1. The number of aromatic nitrogens is 4. The van der Waals surface area contributed by atoms with Crippen molar-refractivity contribution in [1.82, 2.24) is 25.5 Å². The highest BCUT2D eigenvalue weighted by molar-refractivity contribution is 6.30. The van der Waals surface area contributed by atoms with Crippen LogP contribution in [0.4, 0.5) is 4.39 Å². The monoisotopic (exact) mass is 495 g/mol. The van der Waals surface area contributed by atoms with E-state index in [0.29, 0.717) is 17.5 Å². The number of pyridine rings is 1. The highest BCUT2D eigenvalue weighted by Crippen LogP contribution is 2.95. The van der Waals surface area contributed by atoms with Crippen molar-refractivity contribution in [2.24, 2.45) is 5.41 Å². The van der Waals surface area contributed by atoms with Crippen molar-refractivity contribution in [3.63, 3.8) is 0 Å². The van der Waals surface area contributed by atoms with Crippen LogP contribution in [0.15, 0.2) is 47.1 Å². The topological polar surface area (TPSA) is 115 Å². The molecule has 9 nitrogen and oxygen atoms in total. The number of carbonyl (C=O) groups excluding carboxylic acids is 1. The Morgan fingerprint density at radius 3 is 2.94 bits per heavy atom. The number of nitrogens with zero attached hydrogens (tertiary/aromatic N) is 3. The molecule has 178 valence electrons. The number of nitrogens with one attached hydrogen (secondary N) is 2. The summed E-state index contributed by atoms with van der Waals surface area (Å²) in [6, 6.07) is 7.84. The minimum absolute atomic E-state index is 0.00554. The Morgan fingerprint density at radius 2 is 2.09 bits per heavy atom. The number of hydrogen-bond acceptors (Lipinski definition) is 7. The van der Waals surface area contributed by atoms with E-state index in [2.05, 4.69) is 25.5 Å². The smallest absolute Gasteiger partial charge is 0.258 e. The molecule has 35 heavy (non-hydrogen) atoms. The Bertz CT molecular complexity index is 1510. The molecular weight excluding hydrogens is 477 g/mol. The largest absolute Gasteiger partial charge is 0.484 e. The number of ether oxygens (including phenoxy) is 2. The predicted octanol–water partition coefficient (Wildman–Crippen LogP) is 3.69. The van der Waals surface area contributed by atoms with Gasteiger partial charge in [0.05, 0.1) is 27.7 Å². The number of halogens is 2. The lowest BCUT2D eigenvalue weighted by molar-refractivity contribution is -0.124. The number of fused-ring (bicyclic) bond motifs is 1. The molecule has 3 aliphatic rings. The van der Waals surface area contributed by atoms with E-state index in [0.717, 1.165) is 36.4 Å². The molecule has 0 aliphatic heterocycles. The van der Waals surface area contributed by atoms with E-state index in [1.54, 1.807) is 6.20 Å². The molecule has 3 heterocycles. The summed E-state index contributed by atoms with van der Waals surface area (Å²) in [6.45, 7) is -0.0500. The molecule has 3 fully saturated rings. The Hall–Kier alpha value is -3.66. The van der Waals surface area contributed by atoms with E-state index in [-0.39, 0.29) is 46.3 Å². The number of amides is 1. The van der Waals surface area contributed by atoms with Crippen LogP contribution >= 0.6 is 11.6 Å². The van der Waals surface area contributed by atoms with Crippen LogP contribution in [-0.2, 0) is 16.8 Å². The van der Waals surface area contributed by atoms with E-state index in [1.807, 2.05) is 18.3 Å². The fourth-order valence-corrected chi connectivity index (χ4v) is 6.02. The SMILES string of the molecule is O=C(COc1ccc(Cl)c(F)c1)NC12CC3(c4nnc(COc5cnc6cc[nH]c6c5)o4)CC13C2. The molecule has 3 atom stereocenters. The van der Waals surface area contributed by atoms with Gasteiger partial charge in [-0.05, 0) is 37.5 Å². The van der Waals surface area contributed by atoms with Gasteiger partial charge in [0.15, 0.2) is 13.2 Å². The Balaban J connectivity index is 0.948. The van der Waals surface area contributed by atoms with Crippen LogP contribution in [0.5, 0.6) is 11.5 Å². The second-order valence-electron chi connectivity index (χ2n) is 9.56. The van der Waals surface area contributed by atoms with Gasteiger partial charge < -0.3 is 24.2 Å². The number of H-pyrrole nitrogens is 1. The maximum absolute atomic E-state index is 13.5. The van der Waals surface area contributed by atoms with Crippen LogP contribution in [0.2, 0.25) is 5.02 Å². The van der Waals surface area contributed by atoms with Crippen molar-refractivity contribution >= 4 is 28.5 Å². The third-order valence-corrected chi connectivity index (χ3v) is 7.95. The zero-order valence-corrected chi connectivity index (χ0v) is 19.1. The van der Waals surface area contributed by atoms with Crippen LogP contribution in [-0.4, -0.2) is 38.2 Å². The normalized spacial score (nSPS) is 27.5. The lowest BCUT2D eigenvalue weighted by Gasteiger charge is -2.32. The van der Waals surface area contributed by atoms with E-state index in [1.165, 1.54) is 12.1 Å². The molecule has 0 saturated heterocycles. The molecule has 1 amide bonds. The first kappa shape index (κ1) is 20.7. The first-order chi connectivity index (χ1) is 16.9. The summed E-state index contributed by atoms with van der Waals surface area (Å²) in [6.07, 6.45) is 6.00. The predicted molar refractivity (Wildman–Crippen MR) is 120 cm³/mol.